The van der Waals surface area contributed by atoms with Gasteiger partial charge in [0.25, 0.3) is 0 Å². The van der Waals surface area contributed by atoms with Crippen LogP contribution in [0.4, 0.5) is 0 Å². The van der Waals surface area contributed by atoms with Crippen molar-refractivity contribution in [1.82, 2.24) is 14.8 Å². The highest BCUT2D eigenvalue weighted by atomic mass is 28.2. The number of nitrogens with one attached hydrogen (secondary N) is 1. The Balaban J connectivity index is 4.76. The van der Waals surface area contributed by atoms with Crippen molar-refractivity contribution < 1.29 is 0 Å². The third-order valence-electron chi connectivity index (χ3n) is 3.75. The standard InChI is InChI=1S/C13H33N3Si/c1-7-12-17-14-13(6,15(8-2)9-3)16(10-4)11-5/h14H,7-12,17H2,1-6H3. The Morgan fingerprint density at radius 2 is 1.29 bits per heavy atom. The lowest BCUT2D eigenvalue weighted by Gasteiger charge is -2.48. The smallest absolute Gasteiger partial charge is 0.119 e. The maximum absolute atomic E-state index is 3.89. The third kappa shape index (κ3) is 4.70. The molecule has 0 heterocycles. The molecule has 0 bridgehead atoms. The molecule has 0 spiro atoms. The number of hydrogen-bond acceptors (Lipinski definition) is 3. The molecule has 0 amide bonds. The molecule has 0 aromatic carbocycles. The van der Waals surface area contributed by atoms with E-state index in [0.29, 0.717) is 0 Å². The summed E-state index contributed by atoms with van der Waals surface area (Å²) in [7, 11) is -0.149. The van der Waals surface area contributed by atoms with Gasteiger partial charge in [-0.3, -0.25) is 9.80 Å². The van der Waals surface area contributed by atoms with Crippen LogP contribution in [-0.4, -0.2) is 51.4 Å². The van der Waals surface area contributed by atoms with Gasteiger partial charge in [0.2, 0.25) is 0 Å². The largest absolute Gasteiger partial charge is 0.314 e. The molecule has 0 aliphatic rings. The molecule has 0 aliphatic carbocycles. The van der Waals surface area contributed by atoms with E-state index < -0.39 is 0 Å². The average molecular weight is 260 g/mol. The number of hydrogen-bond donors (Lipinski definition) is 1. The lowest BCUT2D eigenvalue weighted by Crippen LogP contribution is -2.67. The zero-order valence-corrected chi connectivity index (χ0v) is 14.3. The van der Waals surface area contributed by atoms with Gasteiger partial charge in [0.1, 0.15) is 5.79 Å². The predicted molar refractivity (Wildman–Crippen MR) is 81.0 cm³/mol. The van der Waals surface area contributed by atoms with Crippen LogP contribution in [0.15, 0.2) is 0 Å². The van der Waals surface area contributed by atoms with Crippen LogP contribution in [0, 0.1) is 0 Å². The molecule has 0 aliphatic heterocycles. The lowest BCUT2D eigenvalue weighted by atomic mass is 10.2. The molecule has 0 unspecified atom stereocenters. The van der Waals surface area contributed by atoms with E-state index >= 15 is 0 Å². The summed E-state index contributed by atoms with van der Waals surface area (Å²) in [6, 6.07) is 1.39. The first-order valence-corrected chi connectivity index (χ1v) is 9.06. The average Bonchev–Trinajstić information content (AvgIpc) is 2.32. The minimum Gasteiger partial charge on any atom is -0.314 e. The van der Waals surface area contributed by atoms with Crippen LogP contribution < -0.4 is 4.98 Å². The molecule has 0 atom stereocenters. The molecular weight excluding hydrogens is 226 g/mol. The van der Waals surface area contributed by atoms with E-state index in [9.17, 15) is 0 Å². The second-order valence-electron chi connectivity index (χ2n) is 4.65. The minimum atomic E-state index is -0.149. The van der Waals surface area contributed by atoms with Crippen LogP contribution in [0.2, 0.25) is 6.04 Å². The molecule has 0 fully saturated rings. The molecule has 0 aromatic rings. The number of nitrogens with zero attached hydrogens (tertiary/aromatic N) is 2. The minimum absolute atomic E-state index is 0.0639. The topological polar surface area (TPSA) is 18.5 Å². The Kier molecular flexibility index (Phi) is 9.14. The van der Waals surface area contributed by atoms with Crippen molar-refractivity contribution in [3.63, 3.8) is 0 Å². The Labute approximate surface area is 111 Å². The Morgan fingerprint density at radius 1 is 0.882 bits per heavy atom. The van der Waals surface area contributed by atoms with E-state index in [1.807, 2.05) is 0 Å². The van der Waals surface area contributed by atoms with Gasteiger partial charge in [-0.25, -0.2) is 0 Å². The molecule has 0 radical (unpaired) electrons. The van der Waals surface area contributed by atoms with Crippen molar-refractivity contribution in [3.05, 3.63) is 0 Å². The van der Waals surface area contributed by atoms with Gasteiger partial charge in [0.05, 0.1) is 9.68 Å². The highest BCUT2D eigenvalue weighted by molar-refractivity contribution is 6.32. The quantitative estimate of drug-likeness (QED) is 0.367. The van der Waals surface area contributed by atoms with Crippen LogP contribution >= 0.6 is 0 Å². The fraction of sp³-hybridized carbons (Fsp3) is 1.00. The first kappa shape index (κ1) is 17.1. The summed E-state index contributed by atoms with van der Waals surface area (Å²) in [5.41, 5.74) is 0. The Morgan fingerprint density at radius 3 is 1.59 bits per heavy atom. The van der Waals surface area contributed by atoms with Crippen molar-refractivity contribution in [2.45, 2.75) is 59.8 Å². The van der Waals surface area contributed by atoms with Gasteiger partial charge in [0, 0.05) is 0 Å². The molecule has 0 saturated heterocycles. The maximum Gasteiger partial charge on any atom is 0.119 e. The molecular formula is C13H33N3Si. The van der Waals surface area contributed by atoms with Gasteiger partial charge < -0.3 is 4.98 Å². The molecule has 4 heteroatoms. The molecule has 1 N–H and O–H groups in total. The van der Waals surface area contributed by atoms with Crippen molar-refractivity contribution in [1.29, 1.82) is 0 Å². The van der Waals surface area contributed by atoms with Crippen LogP contribution in [0.3, 0.4) is 0 Å². The van der Waals surface area contributed by atoms with Gasteiger partial charge in [-0.1, -0.05) is 47.1 Å². The highest BCUT2D eigenvalue weighted by Gasteiger charge is 2.33. The summed E-state index contributed by atoms with van der Waals surface area (Å²) in [5, 5.41) is 0. The zero-order chi connectivity index (χ0) is 13.3. The zero-order valence-electron chi connectivity index (χ0n) is 12.8. The Hall–Kier alpha value is 0.0969. The second kappa shape index (κ2) is 9.08. The van der Waals surface area contributed by atoms with Crippen molar-refractivity contribution in [2.75, 3.05) is 26.2 Å². The van der Waals surface area contributed by atoms with Crippen molar-refractivity contribution >= 4 is 9.68 Å². The molecule has 17 heavy (non-hydrogen) atoms. The second-order valence-corrected chi connectivity index (χ2v) is 6.21. The summed E-state index contributed by atoms with van der Waals surface area (Å²) >= 11 is 0. The molecule has 0 rings (SSSR count). The third-order valence-corrected chi connectivity index (χ3v) is 5.73. The van der Waals surface area contributed by atoms with Crippen LogP contribution in [0.25, 0.3) is 0 Å². The summed E-state index contributed by atoms with van der Waals surface area (Å²) in [6.07, 6.45) is 1.31. The molecule has 104 valence electrons. The monoisotopic (exact) mass is 259 g/mol. The summed E-state index contributed by atoms with van der Waals surface area (Å²) < 4.78 is 0. The van der Waals surface area contributed by atoms with Crippen LogP contribution in [0.5, 0.6) is 0 Å². The van der Waals surface area contributed by atoms with Gasteiger partial charge in [0.15, 0.2) is 0 Å². The van der Waals surface area contributed by atoms with E-state index in [-0.39, 0.29) is 15.5 Å². The predicted octanol–water partition coefficient (Wildman–Crippen LogP) is 1.85. The maximum atomic E-state index is 3.89. The normalized spacial score (nSPS) is 13.4. The van der Waals surface area contributed by atoms with E-state index in [2.05, 4.69) is 56.3 Å². The van der Waals surface area contributed by atoms with E-state index in [4.69, 9.17) is 0 Å². The molecule has 0 aromatic heterocycles. The van der Waals surface area contributed by atoms with E-state index in [1.165, 1.54) is 12.5 Å². The summed E-state index contributed by atoms with van der Waals surface area (Å²) in [6.45, 7) is 18.1. The highest BCUT2D eigenvalue weighted by Crippen LogP contribution is 2.16. The van der Waals surface area contributed by atoms with Gasteiger partial charge in [-0.05, 0) is 33.1 Å². The van der Waals surface area contributed by atoms with Crippen molar-refractivity contribution in [3.8, 4) is 0 Å². The fourth-order valence-electron chi connectivity index (χ4n) is 2.60. The molecule has 0 saturated carbocycles. The number of rotatable bonds is 10. The summed E-state index contributed by atoms with van der Waals surface area (Å²) in [4.78, 5) is 8.98. The van der Waals surface area contributed by atoms with Gasteiger partial charge >= 0.3 is 0 Å². The first-order chi connectivity index (χ1) is 8.10. The van der Waals surface area contributed by atoms with E-state index in [0.717, 1.165) is 26.2 Å². The fourth-order valence-corrected chi connectivity index (χ4v) is 4.06. The van der Waals surface area contributed by atoms with Crippen LogP contribution in [-0.2, 0) is 0 Å². The Bertz CT molecular complexity index is 168. The lowest BCUT2D eigenvalue weighted by molar-refractivity contribution is -0.0458. The van der Waals surface area contributed by atoms with Crippen molar-refractivity contribution in [2.24, 2.45) is 0 Å². The molecule has 3 nitrogen and oxygen atoms in total. The van der Waals surface area contributed by atoms with Gasteiger partial charge in [-0.2, -0.15) is 0 Å². The SMILES string of the molecule is CCC[SiH2]NC(C)(N(CC)CC)N(CC)CC. The first-order valence-electron chi connectivity index (χ1n) is 7.35. The summed E-state index contributed by atoms with van der Waals surface area (Å²) in [5.74, 6) is 0.0639. The van der Waals surface area contributed by atoms with Gasteiger partial charge in [-0.15, -0.1) is 0 Å². The van der Waals surface area contributed by atoms with Crippen LogP contribution in [0.1, 0.15) is 48.0 Å². The van der Waals surface area contributed by atoms with E-state index in [1.54, 1.807) is 0 Å².